The van der Waals surface area contributed by atoms with E-state index in [-0.39, 0.29) is 5.69 Å². The fourth-order valence-corrected chi connectivity index (χ4v) is 3.26. The number of anilines is 1. The summed E-state index contributed by atoms with van der Waals surface area (Å²) in [6.07, 6.45) is 0. The Bertz CT molecular complexity index is 1200. The number of aromatic amines is 2. The van der Waals surface area contributed by atoms with Gasteiger partial charge in [-0.3, -0.25) is 9.59 Å². The highest BCUT2D eigenvalue weighted by molar-refractivity contribution is 6.32. The van der Waals surface area contributed by atoms with Crippen LogP contribution in [-0.2, 0) is 4.79 Å². The Balaban J connectivity index is 2.13. The number of aromatic nitrogens is 2. The smallest absolute Gasteiger partial charge is 0.272 e. The molecule has 2 aromatic heterocycles. The predicted octanol–water partition coefficient (Wildman–Crippen LogP) is 3.26. The largest absolute Gasteiger partial charge is 0.387 e. The number of aliphatic hydroxyl groups excluding tert-OH is 1. The molecular formula is C19H14ClN3O3. The molecule has 26 heavy (non-hydrogen) atoms. The van der Waals surface area contributed by atoms with Crippen molar-refractivity contribution in [2.24, 2.45) is 0 Å². The maximum Gasteiger partial charge on any atom is 0.272 e. The van der Waals surface area contributed by atoms with Gasteiger partial charge in [0.15, 0.2) is 0 Å². The maximum absolute atomic E-state index is 12.7. The first-order chi connectivity index (χ1) is 12.6. The number of H-pyrrole nitrogens is 2. The molecule has 4 rings (SSSR count). The van der Waals surface area contributed by atoms with Gasteiger partial charge < -0.3 is 20.4 Å². The lowest BCUT2D eigenvalue weighted by Crippen LogP contribution is -2.23. The molecule has 0 aliphatic heterocycles. The van der Waals surface area contributed by atoms with Crippen LogP contribution in [0.5, 0.6) is 0 Å². The highest BCUT2D eigenvalue weighted by Gasteiger charge is 2.19. The Labute approximate surface area is 152 Å². The van der Waals surface area contributed by atoms with E-state index in [4.69, 9.17) is 16.7 Å². The fourth-order valence-electron chi connectivity index (χ4n) is 3.09. The Hall–Kier alpha value is -3.09. The number of hydrogen-bond donors (Lipinski definition) is 4. The molecule has 0 radical (unpaired) electrons. The highest BCUT2D eigenvalue weighted by atomic mass is 35.5. The molecule has 2 heterocycles. The molecule has 1 amide bonds. The molecular weight excluding hydrogens is 354 g/mol. The zero-order valence-electron chi connectivity index (χ0n) is 13.5. The molecule has 0 saturated heterocycles. The van der Waals surface area contributed by atoms with Gasteiger partial charge in [0, 0.05) is 21.5 Å². The van der Waals surface area contributed by atoms with E-state index in [1.807, 2.05) is 36.4 Å². The maximum atomic E-state index is 12.7. The summed E-state index contributed by atoms with van der Waals surface area (Å²) in [7, 11) is 0. The third-order valence-electron chi connectivity index (χ3n) is 4.20. The number of rotatable bonds is 3. The van der Waals surface area contributed by atoms with Crippen LogP contribution in [0.2, 0.25) is 5.02 Å². The van der Waals surface area contributed by atoms with Crippen LogP contribution >= 0.6 is 11.6 Å². The summed E-state index contributed by atoms with van der Waals surface area (Å²) in [4.78, 5) is 30.5. The molecule has 0 spiro atoms. The number of nitrogens with one attached hydrogen (secondary N) is 3. The summed E-state index contributed by atoms with van der Waals surface area (Å²) in [5.74, 6) is -0.661. The average molecular weight is 368 g/mol. The molecule has 0 aliphatic carbocycles. The molecule has 0 unspecified atom stereocenters. The number of carbonyl (C=O) groups excluding carboxylic acids is 1. The summed E-state index contributed by atoms with van der Waals surface area (Å²) >= 11 is 6.10. The standard InChI is InChI=1S/C19H14ClN3O3/c20-11-6-7-13-12(8-11)16-17(21-13)15(10-4-2-1-3-5-10)18(19(26)23-16)22-14(25)9-24/h1-8,21,24H,9H2,(H,22,25)(H,23,26). The summed E-state index contributed by atoms with van der Waals surface area (Å²) in [6, 6.07) is 14.6. The lowest BCUT2D eigenvalue weighted by atomic mass is 10.0. The van der Waals surface area contributed by atoms with Crippen LogP contribution in [0.3, 0.4) is 0 Å². The number of carbonyl (C=O) groups is 1. The third kappa shape index (κ3) is 2.65. The van der Waals surface area contributed by atoms with Crippen LogP contribution in [0, 0.1) is 0 Å². The Kier molecular flexibility index (Phi) is 3.99. The van der Waals surface area contributed by atoms with Crippen molar-refractivity contribution >= 4 is 45.1 Å². The molecule has 6 nitrogen and oxygen atoms in total. The average Bonchev–Trinajstić information content (AvgIpc) is 3.00. The van der Waals surface area contributed by atoms with Gasteiger partial charge in [-0.1, -0.05) is 41.9 Å². The topological polar surface area (TPSA) is 98.0 Å². The van der Waals surface area contributed by atoms with Crippen LogP contribution in [0.1, 0.15) is 0 Å². The van der Waals surface area contributed by atoms with Crippen LogP contribution in [-0.4, -0.2) is 27.6 Å². The molecule has 0 aliphatic rings. The van der Waals surface area contributed by atoms with E-state index in [1.165, 1.54) is 0 Å². The quantitative estimate of drug-likeness (QED) is 0.447. The summed E-state index contributed by atoms with van der Waals surface area (Å²) in [6.45, 7) is -0.714. The van der Waals surface area contributed by atoms with Crippen molar-refractivity contribution in [3.05, 3.63) is 63.9 Å². The van der Waals surface area contributed by atoms with Gasteiger partial charge in [-0.05, 0) is 23.8 Å². The minimum atomic E-state index is -0.714. The van der Waals surface area contributed by atoms with Crippen molar-refractivity contribution in [1.29, 1.82) is 0 Å². The summed E-state index contributed by atoms with van der Waals surface area (Å²) in [5, 5.41) is 12.9. The van der Waals surface area contributed by atoms with Gasteiger partial charge in [-0.2, -0.15) is 0 Å². The molecule has 4 aromatic rings. The lowest BCUT2D eigenvalue weighted by molar-refractivity contribution is -0.118. The van der Waals surface area contributed by atoms with Crippen molar-refractivity contribution in [2.45, 2.75) is 0 Å². The number of aliphatic hydroxyl groups is 1. The van der Waals surface area contributed by atoms with E-state index < -0.39 is 18.1 Å². The number of amides is 1. The first-order valence-corrected chi connectivity index (χ1v) is 8.29. The number of hydrogen-bond acceptors (Lipinski definition) is 3. The van der Waals surface area contributed by atoms with Gasteiger partial charge in [-0.15, -0.1) is 0 Å². The Morgan fingerprint density at radius 1 is 1.08 bits per heavy atom. The lowest BCUT2D eigenvalue weighted by Gasteiger charge is -2.11. The Morgan fingerprint density at radius 2 is 1.85 bits per heavy atom. The number of pyridine rings is 1. The SMILES string of the molecule is O=C(CO)Nc1c(-c2ccccc2)c2[nH]c3ccc(Cl)cc3c2[nH]c1=O. The first-order valence-electron chi connectivity index (χ1n) is 7.92. The molecule has 0 fully saturated rings. The molecule has 7 heteroatoms. The van der Waals surface area contributed by atoms with Gasteiger partial charge in [0.2, 0.25) is 5.91 Å². The second kappa shape index (κ2) is 6.33. The molecule has 0 saturated carbocycles. The minimum absolute atomic E-state index is 0.0837. The van der Waals surface area contributed by atoms with Gasteiger partial charge in [0.25, 0.3) is 5.56 Å². The van der Waals surface area contributed by atoms with Crippen molar-refractivity contribution in [1.82, 2.24) is 9.97 Å². The highest BCUT2D eigenvalue weighted by Crippen LogP contribution is 2.35. The molecule has 0 atom stereocenters. The number of fused-ring (bicyclic) bond motifs is 3. The van der Waals surface area contributed by atoms with E-state index >= 15 is 0 Å². The zero-order valence-corrected chi connectivity index (χ0v) is 14.2. The third-order valence-corrected chi connectivity index (χ3v) is 4.43. The van der Waals surface area contributed by atoms with Crippen LogP contribution in [0.15, 0.2) is 53.3 Å². The summed E-state index contributed by atoms with van der Waals surface area (Å²) < 4.78 is 0. The Morgan fingerprint density at radius 3 is 2.58 bits per heavy atom. The number of halogens is 1. The van der Waals surface area contributed by atoms with Gasteiger partial charge in [0.05, 0.1) is 11.0 Å². The van der Waals surface area contributed by atoms with E-state index in [0.29, 0.717) is 21.6 Å². The monoisotopic (exact) mass is 367 g/mol. The summed E-state index contributed by atoms with van der Waals surface area (Å²) in [5.41, 5.74) is 3.02. The van der Waals surface area contributed by atoms with Gasteiger partial charge >= 0.3 is 0 Å². The number of benzene rings is 2. The van der Waals surface area contributed by atoms with E-state index in [0.717, 1.165) is 16.5 Å². The minimum Gasteiger partial charge on any atom is -0.387 e. The molecule has 130 valence electrons. The normalized spacial score (nSPS) is 11.2. The van der Waals surface area contributed by atoms with Gasteiger partial charge in [0.1, 0.15) is 12.3 Å². The van der Waals surface area contributed by atoms with Crippen molar-refractivity contribution in [2.75, 3.05) is 11.9 Å². The van der Waals surface area contributed by atoms with Crippen molar-refractivity contribution in [3.8, 4) is 11.1 Å². The molecule has 0 bridgehead atoms. The first kappa shape index (κ1) is 16.4. The molecule has 2 aromatic carbocycles. The van der Waals surface area contributed by atoms with Crippen molar-refractivity contribution < 1.29 is 9.90 Å². The van der Waals surface area contributed by atoms with Crippen molar-refractivity contribution in [3.63, 3.8) is 0 Å². The second-order valence-corrected chi connectivity index (χ2v) is 6.28. The molecule has 4 N–H and O–H groups in total. The van der Waals surface area contributed by atoms with E-state index in [9.17, 15) is 9.59 Å². The fraction of sp³-hybridized carbons (Fsp3) is 0.0526. The van der Waals surface area contributed by atoms with Crippen LogP contribution in [0.25, 0.3) is 33.1 Å². The van der Waals surface area contributed by atoms with Gasteiger partial charge in [-0.25, -0.2) is 0 Å². The van der Waals surface area contributed by atoms with Crippen LogP contribution < -0.4 is 10.9 Å². The zero-order chi connectivity index (χ0) is 18.3. The van der Waals surface area contributed by atoms with Crippen LogP contribution in [0.4, 0.5) is 5.69 Å². The van der Waals surface area contributed by atoms with E-state index in [1.54, 1.807) is 12.1 Å². The predicted molar refractivity (Wildman–Crippen MR) is 103 cm³/mol. The second-order valence-electron chi connectivity index (χ2n) is 5.84. The van der Waals surface area contributed by atoms with E-state index in [2.05, 4.69) is 15.3 Å².